The van der Waals surface area contributed by atoms with Gasteiger partial charge in [-0.05, 0) is 36.6 Å². The van der Waals surface area contributed by atoms with Gasteiger partial charge in [0.25, 0.3) is 0 Å². The largest absolute Gasteiger partial charge is 0.497 e. The minimum absolute atomic E-state index is 0.00415. The van der Waals surface area contributed by atoms with Crippen LogP contribution in [-0.2, 0) is 21.9 Å². The predicted octanol–water partition coefficient (Wildman–Crippen LogP) is 4.26. The van der Waals surface area contributed by atoms with Crippen molar-refractivity contribution < 1.29 is 14.3 Å². The maximum atomic E-state index is 13.1. The summed E-state index contributed by atoms with van der Waals surface area (Å²) in [5, 5.41) is 2.87. The van der Waals surface area contributed by atoms with E-state index in [1.807, 2.05) is 56.3 Å². The maximum Gasteiger partial charge on any atom is 0.242 e. The number of hydrogen-bond donors (Lipinski definition) is 1. The van der Waals surface area contributed by atoms with Crippen LogP contribution in [0.5, 0.6) is 5.75 Å². The van der Waals surface area contributed by atoms with Crippen molar-refractivity contribution in [1.29, 1.82) is 0 Å². The van der Waals surface area contributed by atoms with Crippen molar-refractivity contribution in [3.05, 3.63) is 65.7 Å². The Morgan fingerprint density at radius 3 is 2.33 bits per heavy atom. The minimum atomic E-state index is -0.473. The Bertz CT molecular complexity index is 781. The summed E-state index contributed by atoms with van der Waals surface area (Å²) in [5.74, 6) is 2.27. The van der Waals surface area contributed by atoms with Crippen molar-refractivity contribution in [1.82, 2.24) is 10.2 Å². The number of benzene rings is 2. The van der Waals surface area contributed by atoms with E-state index in [0.717, 1.165) is 22.8 Å². The van der Waals surface area contributed by atoms with E-state index < -0.39 is 6.04 Å². The molecule has 0 radical (unpaired) electrons. The SMILES string of the molecule is CCNC(=O)[C@@H](CC)N(Cc1ccc(OC)cc1)C(=O)CCSCc1ccccc1. The predicted molar refractivity (Wildman–Crippen MR) is 124 cm³/mol. The molecule has 162 valence electrons. The first-order valence-corrected chi connectivity index (χ1v) is 11.6. The molecule has 0 aliphatic rings. The second-order valence-electron chi connectivity index (χ2n) is 6.98. The molecular weight excluding hydrogens is 396 g/mol. The van der Waals surface area contributed by atoms with E-state index >= 15 is 0 Å². The van der Waals surface area contributed by atoms with E-state index in [4.69, 9.17) is 4.74 Å². The van der Waals surface area contributed by atoms with Crippen LogP contribution in [0.15, 0.2) is 54.6 Å². The highest BCUT2D eigenvalue weighted by Crippen LogP contribution is 2.19. The third-order valence-electron chi connectivity index (χ3n) is 4.82. The normalized spacial score (nSPS) is 11.6. The number of hydrogen-bond acceptors (Lipinski definition) is 4. The van der Waals surface area contributed by atoms with Gasteiger partial charge in [0.2, 0.25) is 11.8 Å². The van der Waals surface area contributed by atoms with Gasteiger partial charge < -0.3 is 15.0 Å². The van der Waals surface area contributed by atoms with E-state index in [1.165, 1.54) is 5.56 Å². The van der Waals surface area contributed by atoms with E-state index in [2.05, 4.69) is 17.4 Å². The summed E-state index contributed by atoms with van der Waals surface area (Å²) in [5.41, 5.74) is 2.22. The zero-order chi connectivity index (χ0) is 21.8. The zero-order valence-corrected chi connectivity index (χ0v) is 18.9. The Labute approximate surface area is 184 Å². The van der Waals surface area contributed by atoms with Crippen LogP contribution < -0.4 is 10.1 Å². The molecule has 0 aliphatic heterocycles. The smallest absolute Gasteiger partial charge is 0.242 e. The summed E-state index contributed by atoms with van der Waals surface area (Å²) in [7, 11) is 1.63. The van der Waals surface area contributed by atoms with E-state index in [1.54, 1.807) is 23.8 Å². The number of likely N-dealkylation sites (N-methyl/N-ethyl adjacent to an activating group) is 1. The molecule has 0 saturated heterocycles. The molecule has 5 nitrogen and oxygen atoms in total. The summed E-state index contributed by atoms with van der Waals surface area (Å²) in [6, 6.07) is 17.4. The van der Waals surface area contributed by atoms with Gasteiger partial charge in [-0.25, -0.2) is 0 Å². The highest BCUT2D eigenvalue weighted by atomic mass is 32.2. The molecule has 1 atom stereocenters. The van der Waals surface area contributed by atoms with Crippen LogP contribution in [0.3, 0.4) is 0 Å². The molecule has 0 heterocycles. The van der Waals surface area contributed by atoms with Gasteiger partial charge in [0.05, 0.1) is 7.11 Å². The number of nitrogens with one attached hydrogen (secondary N) is 1. The van der Waals surface area contributed by atoms with Gasteiger partial charge in [-0.15, -0.1) is 0 Å². The Balaban J connectivity index is 2.04. The van der Waals surface area contributed by atoms with Crippen LogP contribution in [0.25, 0.3) is 0 Å². The summed E-state index contributed by atoms with van der Waals surface area (Å²) < 4.78 is 5.21. The topological polar surface area (TPSA) is 58.6 Å². The molecule has 6 heteroatoms. The minimum Gasteiger partial charge on any atom is -0.497 e. The Morgan fingerprint density at radius 1 is 1.03 bits per heavy atom. The maximum absolute atomic E-state index is 13.1. The zero-order valence-electron chi connectivity index (χ0n) is 18.1. The number of rotatable bonds is 12. The van der Waals surface area contributed by atoms with Gasteiger partial charge in [0, 0.05) is 31.0 Å². The Hall–Kier alpha value is -2.47. The average Bonchev–Trinajstić information content (AvgIpc) is 2.77. The third kappa shape index (κ3) is 7.41. The lowest BCUT2D eigenvalue weighted by atomic mass is 10.1. The van der Waals surface area contributed by atoms with E-state index in [9.17, 15) is 9.59 Å². The fourth-order valence-corrected chi connectivity index (χ4v) is 4.10. The molecule has 2 aromatic rings. The molecule has 2 rings (SSSR count). The molecule has 0 fully saturated rings. The fraction of sp³-hybridized carbons (Fsp3) is 0.417. The number of methoxy groups -OCH3 is 1. The summed E-state index contributed by atoms with van der Waals surface area (Å²) in [6.45, 7) is 4.79. The number of nitrogens with zero attached hydrogens (tertiary/aromatic N) is 1. The molecular formula is C24H32N2O3S. The van der Waals surface area contributed by atoms with Crippen LogP contribution in [0, 0.1) is 0 Å². The molecule has 1 N–H and O–H groups in total. The molecule has 0 aromatic heterocycles. The molecule has 0 aliphatic carbocycles. The van der Waals surface area contributed by atoms with E-state index in [-0.39, 0.29) is 11.8 Å². The van der Waals surface area contributed by atoms with Crippen LogP contribution >= 0.6 is 11.8 Å². The van der Waals surface area contributed by atoms with E-state index in [0.29, 0.717) is 25.9 Å². The van der Waals surface area contributed by atoms with Crippen molar-refractivity contribution in [2.24, 2.45) is 0 Å². The van der Waals surface area contributed by atoms with Gasteiger partial charge in [-0.2, -0.15) is 11.8 Å². The first kappa shape index (κ1) is 23.8. The Morgan fingerprint density at radius 2 is 1.73 bits per heavy atom. The molecule has 2 aromatic carbocycles. The molecule has 2 amide bonds. The highest BCUT2D eigenvalue weighted by Gasteiger charge is 2.28. The first-order chi connectivity index (χ1) is 14.6. The second kappa shape index (κ2) is 13.0. The van der Waals surface area contributed by atoms with Crippen molar-refractivity contribution in [3.8, 4) is 5.75 Å². The average molecular weight is 429 g/mol. The molecule has 0 saturated carbocycles. The first-order valence-electron chi connectivity index (χ1n) is 10.4. The lowest BCUT2D eigenvalue weighted by Gasteiger charge is -2.30. The fourth-order valence-electron chi connectivity index (χ4n) is 3.21. The number of thioether (sulfide) groups is 1. The quantitative estimate of drug-likeness (QED) is 0.513. The summed E-state index contributed by atoms with van der Waals surface area (Å²) in [4.78, 5) is 27.4. The van der Waals surface area contributed by atoms with Crippen molar-refractivity contribution in [2.75, 3.05) is 19.4 Å². The molecule has 0 spiro atoms. The van der Waals surface area contributed by atoms with Crippen molar-refractivity contribution >= 4 is 23.6 Å². The van der Waals surface area contributed by atoms with Gasteiger partial charge in [-0.1, -0.05) is 49.4 Å². The molecule has 30 heavy (non-hydrogen) atoms. The van der Waals surface area contributed by atoms with Gasteiger partial charge in [0.1, 0.15) is 11.8 Å². The van der Waals surface area contributed by atoms with Gasteiger partial charge in [-0.3, -0.25) is 9.59 Å². The lowest BCUT2D eigenvalue weighted by molar-refractivity contribution is -0.141. The van der Waals surface area contributed by atoms with Crippen LogP contribution in [0.1, 0.15) is 37.8 Å². The summed E-state index contributed by atoms with van der Waals surface area (Å²) in [6.07, 6.45) is 0.981. The monoisotopic (exact) mass is 428 g/mol. The number of carbonyl (C=O) groups is 2. The van der Waals surface area contributed by atoms with Gasteiger partial charge in [0.15, 0.2) is 0 Å². The van der Waals surface area contributed by atoms with Crippen LogP contribution in [0.2, 0.25) is 0 Å². The lowest BCUT2D eigenvalue weighted by Crippen LogP contribution is -2.49. The third-order valence-corrected chi connectivity index (χ3v) is 5.85. The number of carbonyl (C=O) groups excluding carboxylic acids is 2. The number of ether oxygens (including phenoxy) is 1. The van der Waals surface area contributed by atoms with Crippen LogP contribution in [-0.4, -0.2) is 42.2 Å². The Kier molecular flexibility index (Phi) is 10.3. The van der Waals surface area contributed by atoms with Crippen molar-refractivity contribution in [3.63, 3.8) is 0 Å². The highest BCUT2D eigenvalue weighted by molar-refractivity contribution is 7.98. The standard InChI is InChI=1S/C24H32N2O3S/c1-4-22(24(28)25-5-2)26(17-19-11-13-21(29-3)14-12-19)23(27)15-16-30-18-20-9-7-6-8-10-20/h6-14,22H,4-5,15-18H2,1-3H3,(H,25,28)/t22-/m1/s1. The number of amides is 2. The second-order valence-corrected chi connectivity index (χ2v) is 8.08. The van der Waals surface area contributed by atoms with Crippen molar-refractivity contribution in [2.45, 2.75) is 45.0 Å². The van der Waals surface area contributed by atoms with Gasteiger partial charge >= 0.3 is 0 Å². The molecule has 0 bridgehead atoms. The van der Waals surface area contributed by atoms with Crippen LogP contribution in [0.4, 0.5) is 0 Å². The summed E-state index contributed by atoms with van der Waals surface area (Å²) >= 11 is 1.74. The molecule has 0 unspecified atom stereocenters.